The van der Waals surface area contributed by atoms with Gasteiger partial charge in [0.25, 0.3) is 0 Å². The molecule has 0 aliphatic heterocycles. The summed E-state index contributed by atoms with van der Waals surface area (Å²) < 4.78 is 190. The molecule has 3 nitrogen and oxygen atoms in total. The van der Waals surface area contributed by atoms with Crippen LogP contribution in [-0.2, 0) is 24.9 Å². The summed E-state index contributed by atoms with van der Waals surface area (Å²) in [7, 11) is 0. The van der Waals surface area contributed by atoms with Crippen molar-refractivity contribution in [3.8, 4) is 5.75 Å². The minimum atomic E-state index is -6.06. The van der Waals surface area contributed by atoms with Crippen molar-refractivity contribution in [3.63, 3.8) is 0 Å². The Hall–Kier alpha value is -3.76. The Balaban J connectivity index is 2.00. The van der Waals surface area contributed by atoms with E-state index in [-0.39, 0.29) is 23.6 Å². The third-order valence-electron chi connectivity index (χ3n) is 5.79. The molecule has 0 fully saturated rings. The zero-order chi connectivity index (χ0) is 32.6. The summed E-state index contributed by atoms with van der Waals surface area (Å²) in [5.41, 5.74) is -6.56. The summed E-state index contributed by atoms with van der Waals surface area (Å²) >= 11 is 0. The molecule has 1 unspecified atom stereocenters. The Labute approximate surface area is 232 Å². The molecule has 17 heteroatoms. The largest absolute Gasteiger partial charge is 0.489 e. The fourth-order valence-corrected chi connectivity index (χ4v) is 3.68. The molecule has 3 rings (SSSR count). The molecular formula is C26H17F14NO2. The number of nitrogens with zero attached hydrogens (tertiary/aromatic N) is 1. The monoisotopic (exact) mass is 641 g/mol. The minimum Gasteiger partial charge on any atom is -0.489 e. The van der Waals surface area contributed by atoms with Crippen LogP contribution in [0.15, 0.2) is 66.7 Å². The first-order valence-corrected chi connectivity index (χ1v) is 11.6. The summed E-state index contributed by atoms with van der Waals surface area (Å²) in [6.45, 7) is -2.33. The number of benzene rings is 3. The van der Waals surface area contributed by atoms with E-state index in [1.165, 1.54) is 0 Å². The van der Waals surface area contributed by atoms with Gasteiger partial charge in [0, 0.05) is 23.0 Å². The SMILES string of the molecule is OC(CN(c1cccc(OCc2cc(C(F)(F)F)cc(C(F)(F)F)c2)c1)c1cccc(C(F)(F)C(F)(F)F)c1)C(F)(F)F. The second-order valence-electron chi connectivity index (χ2n) is 8.99. The molecule has 0 radical (unpaired) electrons. The average Bonchev–Trinajstić information content (AvgIpc) is 2.88. The summed E-state index contributed by atoms with van der Waals surface area (Å²) in [6.07, 6.45) is -24.8. The number of halogens is 14. The van der Waals surface area contributed by atoms with Crippen molar-refractivity contribution in [1.82, 2.24) is 0 Å². The molecule has 0 saturated heterocycles. The average molecular weight is 641 g/mol. The molecule has 0 amide bonds. The normalized spacial score (nSPS) is 14.0. The van der Waals surface area contributed by atoms with E-state index < -0.39 is 77.8 Å². The molecule has 1 N–H and O–H groups in total. The maximum Gasteiger partial charge on any atom is 0.458 e. The molecule has 0 aromatic heterocycles. The Kier molecular flexibility index (Phi) is 9.20. The van der Waals surface area contributed by atoms with Gasteiger partial charge in [-0.2, -0.15) is 61.5 Å². The van der Waals surface area contributed by atoms with Crippen molar-refractivity contribution in [1.29, 1.82) is 0 Å². The lowest BCUT2D eigenvalue weighted by Gasteiger charge is -2.30. The highest BCUT2D eigenvalue weighted by Crippen LogP contribution is 2.45. The molecule has 0 saturated carbocycles. The smallest absolute Gasteiger partial charge is 0.458 e. The van der Waals surface area contributed by atoms with Crippen LogP contribution in [0.25, 0.3) is 0 Å². The van der Waals surface area contributed by atoms with Crippen LogP contribution in [0.2, 0.25) is 0 Å². The zero-order valence-electron chi connectivity index (χ0n) is 20.9. The van der Waals surface area contributed by atoms with Gasteiger partial charge in [0.1, 0.15) is 12.4 Å². The maximum atomic E-state index is 14.0. The number of rotatable bonds is 8. The molecule has 0 spiro atoms. The van der Waals surface area contributed by atoms with Crippen molar-refractivity contribution in [2.24, 2.45) is 0 Å². The van der Waals surface area contributed by atoms with Gasteiger partial charge in [-0.1, -0.05) is 18.2 Å². The van der Waals surface area contributed by atoms with Crippen LogP contribution < -0.4 is 9.64 Å². The van der Waals surface area contributed by atoms with Crippen LogP contribution >= 0.6 is 0 Å². The standard InChI is InChI=1S/C26H17F14NO2/c27-22(28,26(38,39)40)15-3-1-4-18(10-15)41(12-21(42)25(35,36)37)19-5-2-6-20(11-19)43-13-14-7-16(23(29,30)31)9-17(8-14)24(32,33)34/h1-11,21,42H,12-13H2. The van der Waals surface area contributed by atoms with Gasteiger partial charge in [-0.25, -0.2) is 0 Å². The number of hydrogen-bond acceptors (Lipinski definition) is 3. The minimum absolute atomic E-state index is 0.121. The highest BCUT2D eigenvalue weighted by Gasteiger charge is 2.58. The molecule has 236 valence electrons. The zero-order valence-corrected chi connectivity index (χ0v) is 20.9. The predicted molar refractivity (Wildman–Crippen MR) is 123 cm³/mol. The molecule has 0 aliphatic rings. The molecule has 0 heterocycles. The lowest BCUT2D eigenvalue weighted by atomic mass is 10.1. The molecule has 0 bridgehead atoms. The maximum absolute atomic E-state index is 14.0. The number of alkyl halides is 14. The molecule has 43 heavy (non-hydrogen) atoms. The number of aliphatic hydroxyl groups is 1. The lowest BCUT2D eigenvalue weighted by Crippen LogP contribution is -2.39. The van der Waals surface area contributed by atoms with Gasteiger partial charge in [0.2, 0.25) is 0 Å². The number of ether oxygens (including phenoxy) is 1. The van der Waals surface area contributed by atoms with E-state index in [4.69, 9.17) is 4.74 Å². The van der Waals surface area contributed by atoms with E-state index in [0.717, 1.165) is 30.3 Å². The topological polar surface area (TPSA) is 32.7 Å². The van der Waals surface area contributed by atoms with Crippen molar-refractivity contribution < 1.29 is 71.3 Å². The molecule has 3 aromatic carbocycles. The van der Waals surface area contributed by atoms with Gasteiger partial charge in [0.05, 0.1) is 17.7 Å². The van der Waals surface area contributed by atoms with E-state index >= 15 is 0 Å². The van der Waals surface area contributed by atoms with Gasteiger partial charge in [-0.15, -0.1) is 0 Å². The summed E-state index contributed by atoms with van der Waals surface area (Å²) in [5, 5.41) is 9.63. The summed E-state index contributed by atoms with van der Waals surface area (Å²) in [6, 6.07) is 6.90. The first-order valence-electron chi connectivity index (χ1n) is 11.6. The fourth-order valence-electron chi connectivity index (χ4n) is 3.68. The van der Waals surface area contributed by atoms with E-state index in [9.17, 15) is 66.6 Å². The van der Waals surface area contributed by atoms with Crippen LogP contribution in [0.1, 0.15) is 22.3 Å². The first-order chi connectivity index (χ1) is 19.5. The summed E-state index contributed by atoms with van der Waals surface area (Å²) in [5.74, 6) is -5.77. The van der Waals surface area contributed by atoms with E-state index in [1.807, 2.05) is 0 Å². The molecule has 0 aliphatic carbocycles. The lowest BCUT2D eigenvalue weighted by molar-refractivity contribution is -0.289. The predicted octanol–water partition coefficient (Wildman–Crippen LogP) is 9.02. The van der Waals surface area contributed by atoms with Gasteiger partial charge in [-0.3, -0.25) is 0 Å². The number of anilines is 2. The van der Waals surface area contributed by atoms with E-state index in [0.29, 0.717) is 29.2 Å². The third-order valence-corrected chi connectivity index (χ3v) is 5.79. The van der Waals surface area contributed by atoms with Crippen LogP contribution in [0.4, 0.5) is 72.8 Å². The van der Waals surface area contributed by atoms with Crippen LogP contribution in [0, 0.1) is 0 Å². The van der Waals surface area contributed by atoms with Gasteiger partial charge >= 0.3 is 30.6 Å². The van der Waals surface area contributed by atoms with Gasteiger partial charge < -0.3 is 14.7 Å². The van der Waals surface area contributed by atoms with Gasteiger partial charge in [-0.05, 0) is 48.0 Å². The van der Waals surface area contributed by atoms with E-state index in [2.05, 4.69) is 0 Å². The van der Waals surface area contributed by atoms with E-state index in [1.54, 1.807) is 0 Å². The summed E-state index contributed by atoms with van der Waals surface area (Å²) in [4.78, 5) is 0.521. The molecule has 1 atom stereocenters. The van der Waals surface area contributed by atoms with Crippen LogP contribution in [-0.4, -0.2) is 30.1 Å². The first kappa shape index (κ1) is 33.7. The highest BCUT2D eigenvalue weighted by molar-refractivity contribution is 5.65. The van der Waals surface area contributed by atoms with Crippen molar-refractivity contribution in [3.05, 3.63) is 89.0 Å². The fraction of sp³-hybridized carbons (Fsp3) is 0.308. The van der Waals surface area contributed by atoms with Crippen molar-refractivity contribution in [2.45, 2.75) is 43.3 Å². The van der Waals surface area contributed by atoms with Crippen LogP contribution in [0.5, 0.6) is 5.75 Å². The Morgan fingerprint density at radius 1 is 0.628 bits per heavy atom. The number of aliphatic hydroxyl groups excluding tert-OH is 1. The second-order valence-corrected chi connectivity index (χ2v) is 8.99. The Bertz CT molecular complexity index is 1380. The number of hydrogen-bond donors (Lipinski definition) is 1. The van der Waals surface area contributed by atoms with Crippen LogP contribution in [0.3, 0.4) is 0 Å². The Morgan fingerprint density at radius 3 is 1.63 bits per heavy atom. The molecular weight excluding hydrogens is 624 g/mol. The third kappa shape index (κ3) is 8.20. The quantitative estimate of drug-likeness (QED) is 0.249. The van der Waals surface area contributed by atoms with Crippen molar-refractivity contribution >= 4 is 11.4 Å². The van der Waals surface area contributed by atoms with Gasteiger partial charge in [0.15, 0.2) is 6.10 Å². The second kappa shape index (κ2) is 11.7. The highest BCUT2D eigenvalue weighted by atomic mass is 19.4. The molecule has 3 aromatic rings. The van der Waals surface area contributed by atoms with Crippen molar-refractivity contribution in [2.75, 3.05) is 11.4 Å². The Morgan fingerprint density at radius 2 is 1.14 bits per heavy atom.